The Morgan fingerprint density at radius 1 is 1.30 bits per heavy atom. The van der Waals surface area contributed by atoms with Crippen molar-refractivity contribution >= 4 is 28.0 Å². The van der Waals surface area contributed by atoms with Crippen molar-refractivity contribution in [1.29, 1.82) is 0 Å². The summed E-state index contributed by atoms with van der Waals surface area (Å²) >= 11 is 3.35. The fourth-order valence-electron chi connectivity index (χ4n) is 2.89. The van der Waals surface area contributed by atoms with E-state index in [1.54, 1.807) is 37.8 Å². The summed E-state index contributed by atoms with van der Waals surface area (Å²) in [6.07, 6.45) is 1.000. The highest BCUT2D eigenvalue weighted by Gasteiger charge is 2.40. The number of nitrogens with zero attached hydrogens (tertiary/aromatic N) is 1. The van der Waals surface area contributed by atoms with E-state index in [-0.39, 0.29) is 6.04 Å². The summed E-state index contributed by atoms with van der Waals surface area (Å²) in [5, 5.41) is 9.70. The van der Waals surface area contributed by atoms with Gasteiger partial charge in [0.05, 0.1) is 6.04 Å². The molecule has 0 radical (unpaired) electrons. The molecule has 1 aliphatic heterocycles. The molecular formula is C17H22BrNO4. The van der Waals surface area contributed by atoms with Gasteiger partial charge in [0.15, 0.2) is 0 Å². The number of carbonyl (C=O) groups is 2. The van der Waals surface area contributed by atoms with Crippen LogP contribution in [0.4, 0.5) is 4.79 Å². The zero-order chi connectivity index (χ0) is 17.2. The third-order valence-electron chi connectivity index (χ3n) is 3.81. The molecule has 1 N–H and O–H groups in total. The van der Waals surface area contributed by atoms with Crippen LogP contribution < -0.4 is 0 Å². The van der Waals surface area contributed by atoms with Crippen LogP contribution >= 0.6 is 15.9 Å². The number of hydrogen-bond acceptors (Lipinski definition) is 3. The molecule has 1 amide bonds. The Labute approximate surface area is 144 Å². The molecule has 1 heterocycles. The van der Waals surface area contributed by atoms with Crippen molar-refractivity contribution in [3.8, 4) is 0 Å². The van der Waals surface area contributed by atoms with Crippen LogP contribution in [-0.4, -0.2) is 40.3 Å². The molecule has 1 fully saturated rings. The third-order valence-corrected chi connectivity index (χ3v) is 4.34. The Morgan fingerprint density at radius 2 is 1.91 bits per heavy atom. The second-order valence-electron chi connectivity index (χ2n) is 6.75. The van der Waals surface area contributed by atoms with Crippen molar-refractivity contribution in [3.63, 3.8) is 0 Å². The smallest absolute Gasteiger partial charge is 0.410 e. The molecule has 1 aliphatic rings. The first-order valence-electron chi connectivity index (χ1n) is 7.67. The Hall–Kier alpha value is -1.56. The topological polar surface area (TPSA) is 66.8 Å². The summed E-state index contributed by atoms with van der Waals surface area (Å²) in [7, 11) is 0. The summed E-state index contributed by atoms with van der Waals surface area (Å²) in [6.45, 7) is 5.94. The van der Waals surface area contributed by atoms with Crippen LogP contribution in [0.3, 0.4) is 0 Å². The second-order valence-corrected chi connectivity index (χ2v) is 7.67. The van der Waals surface area contributed by atoms with Crippen molar-refractivity contribution in [3.05, 3.63) is 34.3 Å². The fourth-order valence-corrected chi connectivity index (χ4v) is 3.15. The molecule has 2 rings (SSSR count). The van der Waals surface area contributed by atoms with E-state index >= 15 is 0 Å². The summed E-state index contributed by atoms with van der Waals surface area (Å²) in [5.41, 5.74) is 0.0988. The molecule has 6 heteroatoms. The van der Waals surface area contributed by atoms with Crippen LogP contribution in [0, 0.1) is 0 Å². The van der Waals surface area contributed by atoms with Gasteiger partial charge in [0.2, 0.25) is 0 Å². The van der Waals surface area contributed by atoms with E-state index < -0.39 is 23.6 Å². The van der Waals surface area contributed by atoms with Crippen LogP contribution in [0.1, 0.15) is 45.1 Å². The van der Waals surface area contributed by atoms with Gasteiger partial charge >= 0.3 is 12.1 Å². The number of amides is 1. The average molecular weight is 384 g/mol. The van der Waals surface area contributed by atoms with Crippen LogP contribution in [0.5, 0.6) is 0 Å². The molecule has 0 aliphatic carbocycles. The van der Waals surface area contributed by atoms with Gasteiger partial charge in [-0.3, -0.25) is 4.79 Å². The van der Waals surface area contributed by atoms with Gasteiger partial charge in [0.1, 0.15) is 11.5 Å². The van der Waals surface area contributed by atoms with Gasteiger partial charge in [-0.05, 0) is 51.3 Å². The van der Waals surface area contributed by atoms with Crippen LogP contribution in [-0.2, 0) is 9.53 Å². The standard InChI is InChI=1S/C17H22BrNO4/c1-17(2,3)23-16(22)19-10-4-5-13(19)14(15(20)21)11-6-8-12(18)9-7-11/h6-9,13-14H,4-5,10H2,1-3H3,(H,20,21)/t13-,14+/m1/s1. The molecule has 0 spiro atoms. The van der Waals surface area contributed by atoms with E-state index in [0.717, 1.165) is 10.9 Å². The number of carboxylic acid groups (broad SMARTS) is 1. The number of halogens is 1. The number of rotatable bonds is 3. The van der Waals surface area contributed by atoms with Gasteiger partial charge in [-0.15, -0.1) is 0 Å². The van der Waals surface area contributed by atoms with Crippen molar-refractivity contribution in [2.24, 2.45) is 0 Å². The van der Waals surface area contributed by atoms with E-state index in [4.69, 9.17) is 4.74 Å². The molecule has 0 bridgehead atoms. The zero-order valence-corrected chi connectivity index (χ0v) is 15.2. The minimum Gasteiger partial charge on any atom is -0.481 e. The number of carbonyl (C=O) groups excluding carboxylic acids is 1. The van der Waals surface area contributed by atoms with Gasteiger partial charge < -0.3 is 14.7 Å². The predicted molar refractivity (Wildman–Crippen MR) is 90.5 cm³/mol. The lowest BCUT2D eigenvalue weighted by molar-refractivity contribution is -0.140. The minimum absolute atomic E-state index is 0.386. The van der Waals surface area contributed by atoms with Crippen molar-refractivity contribution in [1.82, 2.24) is 4.90 Å². The molecule has 1 saturated heterocycles. The number of hydrogen-bond donors (Lipinski definition) is 1. The second kappa shape index (κ2) is 6.91. The maximum absolute atomic E-state index is 12.4. The van der Waals surface area contributed by atoms with Gasteiger partial charge in [-0.25, -0.2) is 4.79 Å². The monoisotopic (exact) mass is 383 g/mol. The predicted octanol–water partition coefficient (Wildman–Crippen LogP) is 4.02. The summed E-state index contributed by atoms with van der Waals surface area (Å²) in [6, 6.07) is 6.82. The first kappa shape index (κ1) is 17.8. The summed E-state index contributed by atoms with van der Waals surface area (Å²) in [4.78, 5) is 25.8. The number of likely N-dealkylation sites (tertiary alicyclic amines) is 1. The van der Waals surface area contributed by atoms with Crippen molar-refractivity contribution in [2.45, 2.75) is 51.2 Å². The molecule has 1 aromatic carbocycles. The highest BCUT2D eigenvalue weighted by molar-refractivity contribution is 9.10. The van der Waals surface area contributed by atoms with Crippen molar-refractivity contribution < 1.29 is 19.4 Å². The number of benzene rings is 1. The maximum atomic E-state index is 12.4. The fraction of sp³-hybridized carbons (Fsp3) is 0.529. The number of aliphatic carboxylic acids is 1. The molecule has 2 atom stereocenters. The Morgan fingerprint density at radius 3 is 2.43 bits per heavy atom. The number of carboxylic acids is 1. The van der Waals surface area contributed by atoms with E-state index in [1.807, 2.05) is 12.1 Å². The first-order valence-corrected chi connectivity index (χ1v) is 8.46. The normalized spacial score (nSPS) is 19.5. The molecule has 126 valence electrons. The Kier molecular flexibility index (Phi) is 5.34. The lowest BCUT2D eigenvalue weighted by atomic mass is 9.90. The minimum atomic E-state index is -0.923. The van der Waals surface area contributed by atoms with Crippen LogP contribution in [0.2, 0.25) is 0 Å². The highest BCUT2D eigenvalue weighted by atomic mass is 79.9. The van der Waals surface area contributed by atoms with Gasteiger partial charge in [0.25, 0.3) is 0 Å². The summed E-state index contributed by atoms with van der Waals surface area (Å²) in [5.74, 6) is -1.68. The van der Waals surface area contributed by atoms with Crippen LogP contribution in [0.25, 0.3) is 0 Å². The maximum Gasteiger partial charge on any atom is 0.410 e. The van der Waals surface area contributed by atoms with Gasteiger partial charge in [0, 0.05) is 11.0 Å². The average Bonchev–Trinajstić information content (AvgIpc) is 2.88. The lowest BCUT2D eigenvalue weighted by Gasteiger charge is -2.31. The van der Waals surface area contributed by atoms with E-state index in [1.165, 1.54) is 0 Å². The first-order chi connectivity index (χ1) is 10.7. The van der Waals surface area contributed by atoms with Gasteiger partial charge in [-0.2, -0.15) is 0 Å². The third kappa shape index (κ3) is 4.47. The summed E-state index contributed by atoms with van der Waals surface area (Å²) < 4.78 is 6.31. The molecule has 1 aromatic rings. The Bertz CT molecular complexity index is 579. The largest absolute Gasteiger partial charge is 0.481 e. The molecule has 5 nitrogen and oxygen atoms in total. The van der Waals surface area contributed by atoms with Crippen molar-refractivity contribution in [2.75, 3.05) is 6.54 Å². The quantitative estimate of drug-likeness (QED) is 0.855. The molecular weight excluding hydrogens is 362 g/mol. The molecule has 0 aromatic heterocycles. The Balaban J connectivity index is 2.26. The van der Waals surface area contributed by atoms with E-state index in [0.29, 0.717) is 18.5 Å². The molecule has 23 heavy (non-hydrogen) atoms. The van der Waals surface area contributed by atoms with E-state index in [2.05, 4.69) is 15.9 Å². The zero-order valence-electron chi connectivity index (χ0n) is 13.6. The molecule has 0 saturated carbocycles. The van der Waals surface area contributed by atoms with Gasteiger partial charge in [-0.1, -0.05) is 28.1 Å². The lowest BCUT2D eigenvalue weighted by Crippen LogP contribution is -2.44. The van der Waals surface area contributed by atoms with E-state index in [9.17, 15) is 14.7 Å². The SMILES string of the molecule is CC(C)(C)OC(=O)N1CCC[C@@H]1[C@@H](C(=O)O)c1ccc(Br)cc1. The molecule has 0 unspecified atom stereocenters. The van der Waals surface area contributed by atoms with Crippen LogP contribution in [0.15, 0.2) is 28.7 Å². The highest BCUT2D eigenvalue weighted by Crippen LogP contribution is 2.33. The number of ether oxygens (including phenoxy) is 1.